The molecule has 0 radical (unpaired) electrons. The van der Waals surface area contributed by atoms with E-state index in [-0.39, 0.29) is 0 Å². The zero-order valence-electron chi connectivity index (χ0n) is 15.6. The summed E-state index contributed by atoms with van der Waals surface area (Å²) in [5.74, 6) is 1.97. The molecule has 1 rings (SSSR count). The van der Waals surface area contributed by atoms with E-state index in [2.05, 4.69) is 21.9 Å². The van der Waals surface area contributed by atoms with Crippen molar-refractivity contribution in [3.05, 3.63) is 29.8 Å². The Balaban J connectivity index is 2.63. The molecular weight excluding hydrogens is 356 g/mol. The third-order valence-corrected chi connectivity index (χ3v) is 6.06. The van der Waals surface area contributed by atoms with Crippen LogP contribution in [0.1, 0.15) is 25.3 Å². The molecule has 0 saturated carbocycles. The lowest BCUT2D eigenvalue weighted by atomic mass is 10.2. The number of unbranched alkanes of at least 4 members (excludes halogenated alkanes) is 1. The Kier molecular flexibility index (Phi) is 9.92. The summed E-state index contributed by atoms with van der Waals surface area (Å²) in [7, 11) is -0.324. The number of rotatable bonds is 10. The maximum atomic E-state index is 12.1. The fourth-order valence-electron chi connectivity index (χ4n) is 2.07. The summed E-state index contributed by atoms with van der Waals surface area (Å²) in [4.78, 5) is 4.85. The number of hydrogen-bond acceptors (Lipinski definition) is 4. The summed E-state index contributed by atoms with van der Waals surface area (Å²) in [6, 6.07) is 6.87. The quantitative estimate of drug-likeness (QED) is 0.366. The van der Waals surface area contributed by atoms with Crippen molar-refractivity contribution in [1.29, 1.82) is 0 Å². The number of benzene rings is 1. The van der Waals surface area contributed by atoms with Crippen LogP contribution in [0.3, 0.4) is 0 Å². The molecule has 0 spiro atoms. The predicted molar refractivity (Wildman–Crippen MR) is 108 cm³/mol. The smallest absolute Gasteiger partial charge is 0.242 e. The van der Waals surface area contributed by atoms with E-state index in [4.69, 9.17) is 0 Å². The molecular formula is C17H30N4O2S2. The first-order valence-corrected chi connectivity index (χ1v) is 11.3. The number of sulfonamides is 1. The van der Waals surface area contributed by atoms with Crippen molar-refractivity contribution in [3.63, 3.8) is 0 Å². The van der Waals surface area contributed by atoms with Crippen molar-refractivity contribution in [3.8, 4) is 0 Å². The van der Waals surface area contributed by atoms with Crippen LogP contribution in [0.4, 0.5) is 0 Å². The zero-order chi connectivity index (χ0) is 18.7. The SMILES string of the molecule is CCNC(=NCc1ccc(S(=O)(=O)N(C)C)cc1)NCCCCSC. The molecule has 142 valence electrons. The highest BCUT2D eigenvalue weighted by Crippen LogP contribution is 2.14. The molecule has 0 saturated heterocycles. The first-order valence-electron chi connectivity index (χ1n) is 8.44. The van der Waals surface area contributed by atoms with Gasteiger partial charge >= 0.3 is 0 Å². The van der Waals surface area contributed by atoms with E-state index in [1.54, 1.807) is 12.1 Å². The number of thioether (sulfide) groups is 1. The van der Waals surface area contributed by atoms with Gasteiger partial charge in [0.2, 0.25) is 10.0 Å². The lowest BCUT2D eigenvalue weighted by Gasteiger charge is -2.12. The molecule has 6 nitrogen and oxygen atoms in total. The molecule has 0 heterocycles. The second kappa shape index (κ2) is 11.4. The number of guanidine groups is 1. The van der Waals surface area contributed by atoms with Crippen molar-refractivity contribution in [1.82, 2.24) is 14.9 Å². The van der Waals surface area contributed by atoms with Gasteiger partial charge in [-0.05, 0) is 49.5 Å². The van der Waals surface area contributed by atoms with Crippen molar-refractivity contribution in [2.75, 3.05) is 39.2 Å². The first kappa shape index (κ1) is 21.8. The predicted octanol–water partition coefficient (Wildman–Crippen LogP) is 2.14. The average Bonchev–Trinajstić information content (AvgIpc) is 2.59. The Labute approximate surface area is 156 Å². The third-order valence-electron chi connectivity index (χ3n) is 3.53. The summed E-state index contributed by atoms with van der Waals surface area (Å²) in [5, 5.41) is 6.55. The van der Waals surface area contributed by atoms with Crippen LogP contribution < -0.4 is 10.6 Å². The standard InChI is InChI=1S/C17H30N4O2S2/c1-5-18-17(19-12-6-7-13-24-4)20-14-15-8-10-16(11-9-15)25(22,23)21(2)3/h8-11H,5-7,12-14H2,1-4H3,(H2,18,19,20). The maximum absolute atomic E-state index is 12.1. The monoisotopic (exact) mass is 386 g/mol. The summed E-state index contributed by atoms with van der Waals surface area (Å²) in [6.45, 7) is 4.23. The molecule has 0 aliphatic rings. The lowest BCUT2D eigenvalue weighted by Crippen LogP contribution is -2.37. The maximum Gasteiger partial charge on any atom is 0.242 e. The molecule has 0 aliphatic carbocycles. The molecule has 1 aromatic carbocycles. The molecule has 25 heavy (non-hydrogen) atoms. The van der Waals surface area contributed by atoms with Crippen LogP contribution >= 0.6 is 11.8 Å². The summed E-state index contributed by atoms with van der Waals surface area (Å²) in [6.07, 6.45) is 4.42. The van der Waals surface area contributed by atoms with Crippen molar-refractivity contribution in [2.24, 2.45) is 4.99 Å². The largest absolute Gasteiger partial charge is 0.357 e. The van der Waals surface area contributed by atoms with Crippen LogP contribution in [-0.2, 0) is 16.6 Å². The Bertz CT molecular complexity index is 629. The van der Waals surface area contributed by atoms with Gasteiger partial charge in [0.25, 0.3) is 0 Å². The van der Waals surface area contributed by atoms with Crippen LogP contribution in [0.5, 0.6) is 0 Å². The second-order valence-corrected chi connectivity index (χ2v) is 8.89. The summed E-state index contributed by atoms with van der Waals surface area (Å²) in [5.41, 5.74) is 0.970. The number of nitrogens with one attached hydrogen (secondary N) is 2. The van der Waals surface area contributed by atoms with Crippen LogP contribution in [0.2, 0.25) is 0 Å². The van der Waals surface area contributed by atoms with E-state index in [9.17, 15) is 8.42 Å². The number of aliphatic imine (C=N–C) groups is 1. The molecule has 0 fully saturated rings. The van der Waals surface area contributed by atoms with Crippen molar-refractivity contribution in [2.45, 2.75) is 31.2 Å². The molecule has 0 atom stereocenters. The minimum absolute atomic E-state index is 0.295. The Morgan fingerprint density at radius 1 is 1.16 bits per heavy atom. The van der Waals surface area contributed by atoms with E-state index in [1.807, 2.05) is 30.8 Å². The van der Waals surface area contributed by atoms with E-state index < -0.39 is 10.0 Å². The topological polar surface area (TPSA) is 73.8 Å². The van der Waals surface area contributed by atoms with E-state index in [0.29, 0.717) is 11.4 Å². The molecule has 1 aromatic rings. The third kappa shape index (κ3) is 7.66. The number of nitrogens with zero attached hydrogens (tertiary/aromatic N) is 2. The average molecular weight is 387 g/mol. The Morgan fingerprint density at radius 2 is 1.84 bits per heavy atom. The van der Waals surface area contributed by atoms with Gasteiger partial charge in [-0.1, -0.05) is 12.1 Å². The fraction of sp³-hybridized carbons (Fsp3) is 0.588. The summed E-state index contributed by atoms with van der Waals surface area (Å²) < 4.78 is 25.3. The molecule has 8 heteroatoms. The zero-order valence-corrected chi connectivity index (χ0v) is 17.2. The molecule has 2 N–H and O–H groups in total. The van der Waals surface area contributed by atoms with Gasteiger partial charge in [-0.2, -0.15) is 11.8 Å². The van der Waals surface area contributed by atoms with Gasteiger partial charge in [-0.25, -0.2) is 17.7 Å². The molecule has 0 aromatic heterocycles. The van der Waals surface area contributed by atoms with Gasteiger partial charge in [0.15, 0.2) is 5.96 Å². The van der Waals surface area contributed by atoms with Gasteiger partial charge < -0.3 is 10.6 Å². The molecule has 0 bridgehead atoms. The van der Waals surface area contributed by atoms with E-state index in [0.717, 1.165) is 31.0 Å². The number of hydrogen-bond donors (Lipinski definition) is 2. The Hall–Kier alpha value is -1.25. The lowest BCUT2D eigenvalue weighted by molar-refractivity contribution is 0.520. The van der Waals surface area contributed by atoms with Crippen molar-refractivity contribution >= 4 is 27.7 Å². The van der Waals surface area contributed by atoms with Gasteiger partial charge in [0, 0.05) is 27.2 Å². The van der Waals surface area contributed by atoms with E-state index >= 15 is 0 Å². The van der Waals surface area contributed by atoms with Crippen LogP contribution in [-0.4, -0.2) is 57.9 Å². The fourth-order valence-corrected chi connectivity index (χ4v) is 3.46. The molecule has 0 amide bonds. The van der Waals surface area contributed by atoms with Gasteiger partial charge in [0.1, 0.15) is 0 Å². The van der Waals surface area contributed by atoms with Gasteiger partial charge in [0.05, 0.1) is 11.4 Å². The minimum Gasteiger partial charge on any atom is -0.357 e. The molecule has 0 aliphatic heterocycles. The van der Waals surface area contributed by atoms with Gasteiger partial charge in [-0.15, -0.1) is 0 Å². The van der Waals surface area contributed by atoms with Gasteiger partial charge in [-0.3, -0.25) is 0 Å². The van der Waals surface area contributed by atoms with Crippen LogP contribution in [0, 0.1) is 0 Å². The first-order chi connectivity index (χ1) is 11.9. The van der Waals surface area contributed by atoms with Crippen molar-refractivity contribution < 1.29 is 8.42 Å². The highest BCUT2D eigenvalue weighted by Gasteiger charge is 2.16. The van der Waals surface area contributed by atoms with Crippen LogP contribution in [0.25, 0.3) is 0 Å². The second-order valence-electron chi connectivity index (χ2n) is 5.75. The minimum atomic E-state index is -3.38. The highest BCUT2D eigenvalue weighted by atomic mass is 32.2. The Morgan fingerprint density at radius 3 is 2.40 bits per heavy atom. The normalized spacial score (nSPS) is 12.4. The highest BCUT2D eigenvalue weighted by molar-refractivity contribution is 7.98. The summed E-state index contributed by atoms with van der Waals surface area (Å²) >= 11 is 1.86. The van der Waals surface area contributed by atoms with Crippen LogP contribution in [0.15, 0.2) is 34.2 Å². The van der Waals surface area contributed by atoms with E-state index in [1.165, 1.54) is 30.6 Å². The molecule has 0 unspecified atom stereocenters.